The topological polar surface area (TPSA) is 123 Å². The first-order valence-corrected chi connectivity index (χ1v) is 8.78. The van der Waals surface area contributed by atoms with Crippen molar-refractivity contribution in [3.8, 4) is 5.75 Å². The van der Waals surface area contributed by atoms with Crippen molar-refractivity contribution in [2.75, 3.05) is 20.0 Å². The van der Waals surface area contributed by atoms with Gasteiger partial charge in [0.05, 0.1) is 5.57 Å². The third-order valence-electron chi connectivity index (χ3n) is 3.92. The lowest BCUT2D eigenvalue weighted by molar-refractivity contribution is -0.757. The summed E-state index contributed by atoms with van der Waals surface area (Å²) in [5.41, 5.74) is 0.196. The van der Waals surface area contributed by atoms with Gasteiger partial charge in [0.25, 0.3) is 5.09 Å². The van der Waals surface area contributed by atoms with Crippen molar-refractivity contribution >= 4 is 29.8 Å². The average Bonchev–Trinajstić information content (AvgIpc) is 2.68. The molecular weight excluding hydrogens is 455 g/mol. The third kappa shape index (κ3) is 6.13. The van der Waals surface area contributed by atoms with Crippen LogP contribution in [0.2, 0.25) is 5.02 Å². The molecule has 0 bridgehead atoms. The van der Waals surface area contributed by atoms with Crippen LogP contribution in [-0.4, -0.2) is 49.5 Å². The molecule has 0 aromatic heterocycles. The number of hydrogen-bond acceptors (Lipinski definition) is 9. The molecule has 1 unspecified atom stereocenters. The van der Waals surface area contributed by atoms with Crippen molar-refractivity contribution in [3.63, 3.8) is 0 Å². The summed E-state index contributed by atoms with van der Waals surface area (Å²) in [5.74, 6) is -1.55. The number of carbonyl (C=O) groups is 2. The summed E-state index contributed by atoms with van der Waals surface area (Å²) in [7, 11) is 0. The van der Waals surface area contributed by atoms with Crippen LogP contribution in [0.25, 0.3) is 6.08 Å². The van der Waals surface area contributed by atoms with Crippen LogP contribution in [0.4, 0.5) is 18.0 Å². The second kappa shape index (κ2) is 9.73. The highest BCUT2D eigenvalue weighted by molar-refractivity contribution is 6.32. The second-order valence-electron chi connectivity index (χ2n) is 6.03. The Labute approximate surface area is 177 Å². The summed E-state index contributed by atoms with van der Waals surface area (Å²) >= 11 is 6.12. The fourth-order valence-electron chi connectivity index (χ4n) is 2.54. The molecule has 0 N–H and O–H groups in total. The summed E-state index contributed by atoms with van der Waals surface area (Å²) in [6, 6.07) is 1.32. The molecule has 0 amide bonds. The molecule has 0 fully saturated rings. The molecular formula is C17H15ClF3NO9. The van der Waals surface area contributed by atoms with Crippen LogP contribution in [0.1, 0.15) is 16.7 Å². The SMILES string of the molecule is Cc1cc2c(c(C)c1Cl)C=C(C(=O)OCOC(=O)OCCO[N+](=O)[O-])C(C(F)(F)F)O2. The second-order valence-corrected chi connectivity index (χ2v) is 6.41. The van der Waals surface area contributed by atoms with Crippen molar-refractivity contribution in [3.05, 3.63) is 43.5 Å². The van der Waals surface area contributed by atoms with E-state index in [0.717, 1.165) is 6.08 Å². The zero-order valence-corrected chi connectivity index (χ0v) is 16.7. The number of aryl methyl sites for hydroxylation is 1. The maximum absolute atomic E-state index is 13.4. The van der Waals surface area contributed by atoms with E-state index in [9.17, 15) is 32.9 Å². The molecule has 31 heavy (non-hydrogen) atoms. The van der Waals surface area contributed by atoms with E-state index in [-0.39, 0.29) is 11.3 Å². The maximum atomic E-state index is 13.4. The van der Waals surface area contributed by atoms with Gasteiger partial charge >= 0.3 is 18.3 Å². The number of carbonyl (C=O) groups excluding carboxylic acids is 2. The van der Waals surface area contributed by atoms with Crippen LogP contribution in [0.5, 0.6) is 5.75 Å². The maximum Gasteiger partial charge on any atom is 0.511 e. The summed E-state index contributed by atoms with van der Waals surface area (Å²) in [6.45, 7) is 0.955. The van der Waals surface area contributed by atoms with Gasteiger partial charge in [0.2, 0.25) is 12.9 Å². The molecule has 1 aliphatic rings. The van der Waals surface area contributed by atoms with E-state index in [1.165, 1.54) is 6.07 Å². The highest BCUT2D eigenvalue weighted by Crippen LogP contribution is 2.41. The first kappa shape index (κ1) is 24.1. The summed E-state index contributed by atoms with van der Waals surface area (Å²) in [6.07, 6.45) is -7.99. The molecule has 0 saturated carbocycles. The van der Waals surface area contributed by atoms with Gasteiger partial charge in [-0.25, -0.2) is 9.59 Å². The van der Waals surface area contributed by atoms with Crippen LogP contribution in [-0.2, 0) is 23.8 Å². The van der Waals surface area contributed by atoms with E-state index in [4.69, 9.17) is 16.3 Å². The number of esters is 1. The van der Waals surface area contributed by atoms with Crippen molar-refractivity contribution in [1.29, 1.82) is 0 Å². The molecule has 0 spiro atoms. The zero-order chi connectivity index (χ0) is 23.3. The van der Waals surface area contributed by atoms with Crippen LogP contribution in [0.15, 0.2) is 11.6 Å². The fourth-order valence-corrected chi connectivity index (χ4v) is 2.69. The molecule has 0 radical (unpaired) electrons. The predicted octanol–water partition coefficient (Wildman–Crippen LogP) is 3.53. The van der Waals surface area contributed by atoms with Crippen molar-refractivity contribution in [2.45, 2.75) is 26.1 Å². The minimum absolute atomic E-state index is 0.102. The minimum Gasteiger partial charge on any atom is -0.475 e. The van der Waals surface area contributed by atoms with Gasteiger partial charge in [0.1, 0.15) is 19.0 Å². The minimum atomic E-state index is -4.94. The molecule has 1 aliphatic heterocycles. The largest absolute Gasteiger partial charge is 0.511 e. The van der Waals surface area contributed by atoms with E-state index in [1.54, 1.807) is 13.8 Å². The highest BCUT2D eigenvalue weighted by atomic mass is 35.5. The van der Waals surface area contributed by atoms with Crippen molar-refractivity contribution < 1.29 is 51.6 Å². The normalized spacial score (nSPS) is 15.2. The Hall–Kier alpha value is -3.22. The molecule has 14 heteroatoms. The number of halogens is 4. The Morgan fingerprint density at radius 2 is 1.90 bits per heavy atom. The van der Waals surface area contributed by atoms with Crippen LogP contribution >= 0.6 is 11.6 Å². The van der Waals surface area contributed by atoms with E-state index < -0.39 is 55.1 Å². The smallest absolute Gasteiger partial charge is 0.475 e. The van der Waals surface area contributed by atoms with Crippen molar-refractivity contribution in [2.24, 2.45) is 0 Å². The molecule has 1 heterocycles. The van der Waals surface area contributed by atoms with Gasteiger partial charge in [0.15, 0.2) is 0 Å². The number of hydrogen-bond donors (Lipinski definition) is 0. The fraction of sp³-hybridized carbons (Fsp3) is 0.412. The van der Waals surface area contributed by atoms with Crippen LogP contribution < -0.4 is 4.74 Å². The quantitative estimate of drug-likeness (QED) is 0.194. The van der Waals surface area contributed by atoms with Gasteiger partial charge in [-0.1, -0.05) is 11.6 Å². The Morgan fingerprint density at radius 1 is 1.23 bits per heavy atom. The standard InChI is InChI=1S/C17H15ClF3NO9/c1-8-5-12-10(9(2)13(8)18)6-11(14(31-12)17(19,20)21)15(23)28-7-29-16(24)27-3-4-30-22(25)26/h5-6,14H,3-4,7H2,1-2H3. The van der Waals surface area contributed by atoms with Gasteiger partial charge in [-0.2, -0.15) is 13.2 Å². The van der Waals surface area contributed by atoms with E-state index in [2.05, 4.69) is 19.0 Å². The summed E-state index contributed by atoms with van der Waals surface area (Å²) in [4.78, 5) is 37.3. The highest BCUT2D eigenvalue weighted by Gasteiger charge is 2.49. The molecule has 1 aromatic carbocycles. The van der Waals surface area contributed by atoms with Gasteiger partial charge < -0.3 is 23.8 Å². The number of nitrogens with zero attached hydrogens (tertiary/aromatic N) is 1. The molecule has 2 rings (SSSR count). The molecule has 1 aromatic rings. The van der Waals surface area contributed by atoms with E-state index >= 15 is 0 Å². The molecule has 170 valence electrons. The van der Waals surface area contributed by atoms with E-state index in [0.29, 0.717) is 16.1 Å². The lowest BCUT2D eigenvalue weighted by Crippen LogP contribution is -2.41. The van der Waals surface area contributed by atoms with E-state index in [1.807, 2.05) is 0 Å². The Bertz CT molecular complexity index is 917. The number of alkyl halides is 3. The number of fused-ring (bicyclic) bond motifs is 1. The first-order chi connectivity index (χ1) is 14.4. The van der Waals surface area contributed by atoms with Crippen LogP contribution in [0, 0.1) is 24.0 Å². The molecule has 10 nitrogen and oxygen atoms in total. The molecule has 0 aliphatic carbocycles. The number of rotatable bonds is 7. The van der Waals surface area contributed by atoms with Gasteiger partial charge in [-0.3, -0.25) is 0 Å². The summed E-state index contributed by atoms with van der Waals surface area (Å²) < 4.78 is 58.6. The van der Waals surface area contributed by atoms with Gasteiger partial charge in [-0.05, 0) is 37.1 Å². The van der Waals surface area contributed by atoms with Crippen LogP contribution in [0.3, 0.4) is 0 Å². The average molecular weight is 470 g/mol. The van der Waals surface area contributed by atoms with Gasteiger partial charge in [0, 0.05) is 10.6 Å². The Morgan fingerprint density at radius 3 is 2.52 bits per heavy atom. The molecule has 0 saturated heterocycles. The zero-order valence-electron chi connectivity index (χ0n) is 16.0. The monoisotopic (exact) mass is 469 g/mol. The lowest BCUT2D eigenvalue weighted by Gasteiger charge is -2.29. The lowest BCUT2D eigenvalue weighted by atomic mass is 9.96. The summed E-state index contributed by atoms with van der Waals surface area (Å²) in [5, 5.41) is 9.11. The molecule has 1 atom stereocenters. The Kier molecular flexibility index (Phi) is 7.55. The number of benzene rings is 1. The first-order valence-electron chi connectivity index (χ1n) is 8.40. The predicted molar refractivity (Wildman–Crippen MR) is 95.7 cm³/mol. The Balaban J connectivity index is 2.07. The van der Waals surface area contributed by atoms with Crippen molar-refractivity contribution in [1.82, 2.24) is 0 Å². The van der Waals surface area contributed by atoms with Gasteiger partial charge in [-0.15, -0.1) is 10.1 Å². The number of ether oxygens (including phenoxy) is 4. The third-order valence-corrected chi connectivity index (χ3v) is 4.50.